The van der Waals surface area contributed by atoms with E-state index in [1.54, 1.807) is 6.07 Å². The van der Waals surface area contributed by atoms with Crippen molar-refractivity contribution < 1.29 is 9.53 Å². The molecule has 4 heteroatoms. The lowest BCUT2D eigenvalue weighted by atomic mass is 10.0. The highest BCUT2D eigenvalue weighted by molar-refractivity contribution is 5.96. The summed E-state index contributed by atoms with van der Waals surface area (Å²) in [5, 5.41) is 0. The van der Waals surface area contributed by atoms with Crippen LogP contribution >= 0.6 is 0 Å². The molecule has 2 N–H and O–H groups in total. The van der Waals surface area contributed by atoms with Crippen molar-refractivity contribution in [2.75, 3.05) is 19.4 Å². The van der Waals surface area contributed by atoms with Gasteiger partial charge in [-0.2, -0.15) is 0 Å². The summed E-state index contributed by atoms with van der Waals surface area (Å²) in [4.78, 5) is 14.2. The lowest BCUT2D eigenvalue weighted by Gasteiger charge is -2.27. The van der Waals surface area contributed by atoms with Crippen molar-refractivity contribution in [3.05, 3.63) is 29.3 Å². The minimum atomic E-state index is -0.367. The molecule has 0 radical (unpaired) electrons. The zero-order valence-electron chi connectivity index (χ0n) is 12.3. The first-order valence-electron chi connectivity index (χ1n) is 6.71. The summed E-state index contributed by atoms with van der Waals surface area (Å²) in [5.41, 5.74) is 7.80. The van der Waals surface area contributed by atoms with Crippen LogP contribution in [0, 0.1) is 0 Å². The van der Waals surface area contributed by atoms with Crippen LogP contribution in [-0.2, 0) is 11.3 Å². The Labute approximate surface area is 115 Å². The van der Waals surface area contributed by atoms with Crippen LogP contribution < -0.4 is 5.73 Å². The van der Waals surface area contributed by atoms with Gasteiger partial charge in [0.15, 0.2) is 0 Å². The first-order valence-corrected chi connectivity index (χ1v) is 6.71. The van der Waals surface area contributed by atoms with Crippen LogP contribution in [0.3, 0.4) is 0 Å². The Balaban J connectivity index is 3.05. The Kier molecular flexibility index (Phi) is 5.83. The van der Waals surface area contributed by atoms with E-state index in [1.165, 1.54) is 7.11 Å². The standard InChI is InChI=1S/C15H24N2O2/c1-5-9-17(11(2)3)10-12-7-6-8-13(16)14(12)15(18)19-4/h6-8,11H,5,9-10,16H2,1-4H3. The van der Waals surface area contributed by atoms with E-state index >= 15 is 0 Å². The number of anilines is 1. The highest BCUT2D eigenvalue weighted by atomic mass is 16.5. The van der Waals surface area contributed by atoms with Gasteiger partial charge in [0.25, 0.3) is 0 Å². The third kappa shape index (κ3) is 3.96. The average Bonchev–Trinajstić information content (AvgIpc) is 2.37. The zero-order chi connectivity index (χ0) is 14.4. The number of rotatable bonds is 6. The van der Waals surface area contributed by atoms with Gasteiger partial charge in [-0.25, -0.2) is 4.79 Å². The third-order valence-corrected chi connectivity index (χ3v) is 3.19. The Morgan fingerprint density at radius 1 is 1.42 bits per heavy atom. The number of hydrogen-bond donors (Lipinski definition) is 1. The largest absolute Gasteiger partial charge is 0.465 e. The van der Waals surface area contributed by atoms with Crippen molar-refractivity contribution in [3.8, 4) is 0 Å². The number of nitrogen functional groups attached to an aromatic ring is 1. The number of nitrogens with two attached hydrogens (primary N) is 1. The molecule has 0 unspecified atom stereocenters. The number of methoxy groups -OCH3 is 1. The monoisotopic (exact) mass is 264 g/mol. The summed E-state index contributed by atoms with van der Waals surface area (Å²) in [6, 6.07) is 5.97. The Morgan fingerprint density at radius 2 is 2.11 bits per heavy atom. The highest BCUT2D eigenvalue weighted by Crippen LogP contribution is 2.20. The molecule has 0 spiro atoms. The lowest BCUT2D eigenvalue weighted by molar-refractivity contribution is 0.0599. The molecule has 4 nitrogen and oxygen atoms in total. The number of ether oxygens (including phenoxy) is 1. The van der Waals surface area contributed by atoms with E-state index in [0.717, 1.165) is 18.5 Å². The molecule has 1 aromatic rings. The molecule has 0 amide bonds. The van der Waals surface area contributed by atoms with Crippen LogP contribution in [0.15, 0.2) is 18.2 Å². The molecule has 19 heavy (non-hydrogen) atoms. The predicted octanol–water partition coefficient (Wildman–Crippen LogP) is 2.68. The first kappa shape index (κ1) is 15.5. The van der Waals surface area contributed by atoms with E-state index in [0.29, 0.717) is 23.8 Å². The van der Waals surface area contributed by atoms with E-state index < -0.39 is 0 Å². The fourth-order valence-electron chi connectivity index (χ4n) is 2.13. The summed E-state index contributed by atoms with van der Waals surface area (Å²) < 4.78 is 4.82. The van der Waals surface area contributed by atoms with Gasteiger partial charge in [0.1, 0.15) is 0 Å². The maximum Gasteiger partial charge on any atom is 0.340 e. The molecule has 0 heterocycles. The van der Waals surface area contributed by atoms with E-state index in [2.05, 4.69) is 25.7 Å². The van der Waals surface area contributed by atoms with E-state index in [-0.39, 0.29) is 5.97 Å². The van der Waals surface area contributed by atoms with Gasteiger partial charge in [0.2, 0.25) is 0 Å². The summed E-state index contributed by atoms with van der Waals surface area (Å²) in [7, 11) is 1.38. The molecule has 0 saturated heterocycles. The van der Waals surface area contributed by atoms with Crippen molar-refractivity contribution >= 4 is 11.7 Å². The lowest BCUT2D eigenvalue weighted by Crippen LogP contribution is -2.31. The highest BCUT2D eigenvalue weighted by Gasteiger charge is 2.18. The molecule has 0 aliphatic carbocycles. The smallest absolute Gasteiger partial charge is 0.340 e. The maximum atomic E-state index is 11.8. The van der Waals surface area contributed by atoms with Gasteiger partial charge in [-0.15, -0.1) is 0 Å². The number of carbonyl (C=O) groups excluding carboxylic acids is 1. The molecular formula is C15H24N2O2. The van der Waals surface area contributed by atoms with E-state index in [4.69, 9.17) is 10.5 Å². The summed E-state index contributed by atoms with van der Waals surface area (Å²) in [6.07, 6.45) is 1.08. The first-order chi connectivity index (χ1) is 9.01. The SMILES string of the molecule is CCCN(Cc1cccc(N)c1C(=O)OC)C(C)C. The van der Waals surface area contributed by atoms with E-state index in [9.17, 15) is 4.79 Å². The van der Waals surface area contributed by atoms with Crippen molar-refractivity contribution in [1.82, 2.24) is 4.90 Å². The van der Waals surface area contributed by atoms with Crippen LogP contribution in [0.1, 0.15) is 43.1 Å². The normalized spacial score (nSPS) is 11.1. The molecule has 0 aliphatic rings. The Hall–Kier alpha value is -1.55. The molecule has 0 bridgehead atoms. The summed E-state index contributed by atoms with van der Waals surface area (Å²) in [5.74, 6) is -0.367. The van der Waals surface area contributed by atoms with Gasteiger partial charge in [0.05, 0.1) is 12.7 Å². The van der Waals surface area contributed by atoms with Gasteiger partial charge in [-0.3, -0.25) is 4.90 Å². The third-order valence-electron chi connectivity index (χ3n) is 3.19. The van der Waals surface area contributed by atoms with Crippen LogP contribution in [-0.4, -0.2) is 30.6 Å². The number of nitrogens with zero attached hydrogens (tertiary/aromatic N) is 1. The topological polar surface area (TPSA) is 55.6 Å². The Bertz CT molecular complexity index is 430. The average molecular weight is 264 g/mol. The second-order valence-corrected chi connectivity index (χ2v) is 4.94. The molecule has 0 saturated carbocycles. The molecule has 1 aromatic carbocycles. The van der Waals surface area contributed by atoms with Gasteiger partial charge in [-0.1, -0.05) is 19.1 Å². The van der Waals surface area contributed by atoms with Crippen LogP contribution in [0.4, 0.5) is 5.69 Å². The molecule has 0 atom stereocenters. The van der Waals surface area contributed by atoms with Crippen molar-refractivity contribution in [2.24, 2.45) is 0 Å². The summed E-state index contributed by atoms with van der Waals surface area (Å²) >= 11 is 0. The predicted molar refractivity (Wildman–Crippen MR) is 78.0 cm³/mol. The van der Waals surface area contributed by atoms with Crippen molar-refractivity contribution in [1.29, 1.82) is 0 Å². The minimum absolute atomic E-state index is 0.367. The Morgan fingerprint density at radius 3 is 2.63 bits per heavy atom. The molecule has 0 aliphatic heterocycles. The number of carbonyl (C=O) groups is 1. The van der Waals surface area contributed by atoms with Gasteiger partial charge in [0, 0.05) is 18.3 Å². The zero-order valence-corrected chi connectivity index (χ0v) is 12.3. The number of hydrogen-bond acceptors (Lipinski definition) is 4. The van der Waals surface area contributed by atoms with Crippen LogP contribution in [0.25, 0.3) is 0 Å². The fourth-order valence-corrected chi connectivity index (χ4v) is 2.13. The molecule has 0 fully saturated rings. The minimum Gasteiger partial charge on any atom is -0.465 e. The van der Waals surface area contributed by atoms with Crippen LogP contribution in [0.5, 0.6) is 0 Å². The summed E-state index contributed by atoms with van der Waals surface area (Å²) in [6.45, 7) is 8.16. The molecule has 1 rings (SSSR count). The van der Waals surface area contributed by atoms with Gasteiger partial charge in [-0.05, 0) is 38.4 Å². The molecule has 106 valence electrons. The van der Waals surface area contributed by atoms with Gasteiger partial charge >= 0.3 is 5.97 Å². The second-order valence-electron chi connectivity index (χ2n) is 4.94. The fraction of sp³-hybridized carbons (Fsp3) is 0.533. The molecular weight excluding hydrogens is 240 g/mol. The van der Waals surface area contributed by atoms with Crippen molar-refractivity contribution in [2.45, 2.75) is 39.8 Å². The number of benzene rings is 1. The van der Waals surface area contributed by atoms with Crippen molar-refractivity contribution in [3.63, 3.8) is 0 Å². The van der Waals surface area contributed by atoms with Gasteiger partial charge < -0.3 is 10.5 Å². The second kappa shape index (κ2) is 7.14. The quantitative estimate of drug-likeness (QED) is 0.634. The van der Waals surface area contributed by atoms with Crippen LogP contribution in [0.2, 0.25) is 0 Å². The maximum absolute atomic E-state index is 11.8. The molecule has 0 aromatic heterocycles. The number of esters is 1. The van der Waals surface area contributed by atoms with E-state index in [1.807, 2.05) is 12.1 Å².